The van der Waals surface area contributed by atoms with Crippen molar-refractivity contribution in [1.29, 1.82) is 0 Å². The molecule has 4 N–H and O–H groups in total. The number of hydrogen-bond donors (Lipinski definition) is 4. The summed E-state index contributed by atoms with van der Waals surface area (Å²) in [7, 11) is 3.97. The molecule has 0 radical (unpaired) electrons. The van der Waals surface area contributed by atoms with E-state index in [4.69, 9.17) is 0 Å². The molecule has 0 aliphatic carbocycles. The van der Waals surface area contributed by atoms with Crippen molar-refractivity contribution in [3.05, 3.63) is 59.0 Å². The fourth-order valence-electron chi connectivity index (χ4n) is 3.97. The lowest BCUT2D eigenvalue weighted by molar-refractivity contribution is 0.0932. The largest absolute Gasteiger partial charge is 0.351 e. The van der Waals surface area contributed by atoms with Gasteiger partial charge in [0, 0.05) is 35.5 Å². The second-order valence-corrected chi connectivity index (χ2v) is 8.58. The summed E-state index contributed by atoms with van der Waals surface area (Å²) in [6.45, 7) is 4.07. The number of nitrogens with one attached hydrogen (secondary N) is 4. The quantitative estimate of drug-likeness (QED) is 0.414. The summed E-state index contributed by atoms with van der Waals surface area (Å²) >= 11 is 0. The van der Waals surface area contributed by atoms with Gasteiger partial charge in [-0.3, -0.25) is 14.4 Å². The number of H-pyrrole nitrogens is 1. The van der Waals surface area contributed by atoms with Gasteiger partial charge in [0.25, 0.3) is 17.7 Å². The molecule has 0 fully saturated rings. The molecule has 0 saturated carbocycles. The van der Waals surface area contributed by atoms with Crippen LogP contribution in [0.5, 0.6) is 0 Å². The standard InChI is InChI=1S/C24H28N6O3/c1-14-12-27-24(33)21-20(14)17-11-15(5-7-18(17)29-21)22(31)28-16-6-8-19(26-13-16)23(32)25-9-4-10-30(2)3/h5-8,11,13-14,29H,4,9-10,12H2,1-3H3,(H,25,32)(H,27,33)(H,28,31). The molecule has 9 nitrogen and oxygen atoms in total. The molecule has 3 heterocycles. The van der Waals surface area contributed by atoms with Crippen molar-refractivity contribution in [2.45, 2.75) is 19.3 Å². The monoisotopic (exact) mass is 448 g/mol. The zero-order valence-corrected chi connectivity index (χ0v) is 19.0. The summed E-state index contributed by atoms with van der Waals surface area (Å²) in [5.41, 5.74) is 3.58. The normalized spacial score (nSPS) is 15.3. The van der Waals surface area contributed by atoms with E-state index in [0.29, 0.717) is 35.7 Å². The first-order valence-electron chi connectivity index (χ1n) is 11.0. The second-order valence-electron chi connectivity index (χ2n) is 8.58. The molecule has 0 spiro atoms. The van der Waals surface area contributed by atoms with Crippen LogP contribution in [-0.2, 0) is 0 Å². The van der Waals surface area contributed by atoms with Crippen LogP contribution < -0.4 is 16.0 Å². The highest BCUT2D eigenvalue weighted by Crippen LogP contribution is 2.32. The van der Waals surface area contributed by atoms with Gasteiger partial charge in [-0.2, -0.15) is 0 Å². The number of rotatable bonds is 7. The highest BCUT2D eigenvalue weighted by molar-refractivity contribution is 6.08. The lowest BCUT2D eigenvalue weighted by Gasteiger charge is -2.19. The lowest BCUT2D eigenvalue weighted by atomic mass is 9.93. The van der Waals surface area contributed by atoms with Gasteiger partial charge in [0.1, 0.15) is 11.4 Å². The van der Waals surface area contributed by atoms with Gasteiger partial charge in [-0.25, -0.2) is 4.98 Å². The Morgan fingerprint density at radius 2 is 2.00 bits per heavy atom. The van der Waals surface area contributed by atoms with E-state index in [0.717, 1.165) is 29.4 Å². The number of aromatic amines is 1. The highest BCUT2D eigenvalue weighted by Gasteiger charge is 2.27. The predicted octanol–water partition coefficient (Wildman–Crippen LogP) is 2.34. The Labute approximate surface area is 192 Å². The van der Waals surface area contributed by atoms with E-state index in [1.165, 1.54) is 6.20 Å². The molecule has 3 aromatic rings. The van der Waals surface area contributed by atoms with Crippen LogP contribution in [0.25, 0.3) is 10.9 Å². The Bertz CT molecular complexity index is 1200. The molecule has 4 rings (SSSR count). The predicted molar refractivity (Wildman–Crippen MR) is 127 cm³/mol. The number of carbonyl (C=O) groups excluding carboxylic acids is 3. The molecular weight excluding hydrogens is 420 g/mol. The van der Waals surface area contributed by atoms with Crippen molar-refractivity contribution in [2.24, 2.45) is 0 Å². The molecule has 172 valence electrons. The molecular formula is C24H28N6O3. The van der Waals surface area contributed by atoms with E-state index in [9.17, 15) is 14.4 Å². The van der Waals surface area contributed by atoms with Gasteiger partial charge in [-0.15, -0.1) is 0 Å². The maximum atomic E-state index is 12.8. The number of pyridine rings is 1. The van der Waals surface area contributed by atoms with E-state index >= 15 is 0 Å². The topological polar surface area (TPSA) is 119 Å². The third kappa shape index (κ3) is 4.88. The van der Waals surface area contributed by atoms with E-state index in [1.807, 2.05) is 27.1 Å². The maximum absolute atomic E-state index is 12.8. The van der Waals surface area contributed by atoms with E-state index in [-0.39, 0.29) is 23.6 Å². The van der Waals surface area contributed by atoms with Crippen LogP contribution in [0.3, 0.4) is 0 Å². The molecule has 0 saturated heterocycles. The number of benzene rings is 1. The van der Waals surface area contributed by atoms with E-state index < -0.39 is 0 Å². The molecule has 3 amide bonds. The van der Waals surface area contributed by atoms with E-state index in [2.05, 4.69) is 30.8 Å². The number of carbonyl (C=O) groups is 3. The number of anilines is 1. The van der Waals surface area contributed by atoms with Crippen LogP contribution in [0.2, 0.25) is 0 Å². The average molecular weight is 449 g/mol. The Morgan fingerprint density at radius 3 is 2.73 bits per heavy atom. The van der Waals surface area contributed by atoms with Gasteiger partial charge in [-0.1, -0.05) is 6.92 Å². The maximum Gasteiger partial charge on any atom is 0.269 e. The molecule has 1 unspecified atom stereocenters. The molecule has 1 atom stereocenters. The van der Waals surface area contributed by atoms with Gasteiger partial charge in [0.15, 0.2) is 0 Å². The lowest BCUT2D eigenvalue weighted by Crippen LogP contribution is -2.33. The summed E-state index contributed by atoms with van der Waals surface area (Å²) in [5, 5.41) is 9.40. The molecule has 0 bridgehead atoms. The summed E-state index contributed by atoms with van der Waals surface area (Å²) in [5.74, 6) is -0.511. The molecule has 1 aliphatic heterocycles. The SMILES string of the molecule is CC1CNC(=O)c2[nH]c3ccc(C(=O)Nc4ccc(C(=O)NCCCN(C)C)nc4)cc3c21. The van der Waals surface area contributed by atoms with Crippen molar-refractivity contribution in [3.63, 3.8) is 0 Å². The molecule has 33 heavy (non-hydrogen) atoms. The van der Waals surface area contributed by atoms with Gasteiger partial charge >= 0.3 is 0 Å². The first kappa shape index (κ1) is 22.5. The first-order chi connectivity index (χ1) is 15.8. The molecule has 1 aliphatic rings. The summed E-state index contributed by atoms with van der Waals surface area (Å²) in [6, 6.07) is 8.57. The Balaban J connectivity index is 1.43. The Kier molecular flexibility index (Phi) is 6.41. The average Bonchev–Trinajstić information content (AvgIpc) is 3.19. The second kappa shape index (κ2) is 9.41. The minimum Gasteiger partial charge on any atom is -0.351 e. The fraction of sp³-hybridized carbons (Fsp3) is 0.333. The number of hydrogen-bond acceptors (Lipinski definition) is 5. The van der Waals surface area contributed by atoms with E-state index in [1.54, 1.807) is 24.3 Å². The van der Waals surface area contributed by atoms with Crippen LogP contribution in [-0.4, -0.2) is 66.3 Å². The number of nitrogens with zero attached hydrogens (tertiary/aromatic N) is 2. The minimum absolute atomic E-state index is 0.127. The van der Waals surface area contributed by atoms with Gasteiger partial charge in [0.05, 0.1) is 11.9 Å². The highest BCUT2D eigenvalue weighted by atomic mass is 16.2. The van der Waals surface area contributed by atoms with Crippen LogP contribution >= 0.6 is 0 Å². The van der Waals surface area contributed by atoms with Crippen LogP contribution in [0, 0.1) is 0 Å². The van der Waals surface area contributed by atoms with Crippen molar-refractivity contribution in [2.75, 3.05) is 39.0 Å². The Hall–Kier alpha value is -3.72. The Morgan fingerprint density at radius 1 is 1.18 bits per heavy atom. The summed E-state index contributed by atoms with van der Waals surface area (Å²) in [4.78, 5) is 46.6. The first-order valence-corrected chi connectivity index (χ1v) is 11.0. The van der Waals surface area contributed by atoms with Crippen molar-refractivity contribution in [1.82, 2.24) is 25.5 Å². The third-order valence-corrected chi connectivity index (χ3v) is 5.71. The van der Waals surface area contributed by atoms with Crippen LogP contribution in [0.15, 0.2) is 36.5 Å². The summed E-state index contributed by atoms with van der Waals surface area (Å²) in [6.07, 6.45) is 2.32. The number of aromatic nitrogens is 2. The summed E-state index contributed by atoms with van der Waals surface area (Å²) < 4.78 is 0. The van der Waals surface area contributed by atoms with Crippen molar-refractivity contribution >= 4 is 34.3 Å². The third-order valence-electron chi connectivity index (χ3n) is 5.71. The zero-order chi connectivity index (χ0) is 23.5. The van der Waals surface area contributed by atoms with Crippen molar-refractivity contribution < 1.29 is 14.4 Å². The minimum atomic E-state index is -0.289. The number of fused-ring (bicyclic) bond motifs is 3. The zero-order valence-electron chi connectivity index (χ0n) is 19.0. The fourth-order valence-corrected chi connectivity index (χ4v) is 3.97. The molecule has 1 aromatic carbocycles. The number of amides is 3. The molecule has 2 aromatic heterocycles. The van der Waals surface area contributed by atoms with Crippen LogP contribution in [0.1, 0.15) is 56.2 Å². The smallest absolute Gasteiger partial charge is 0.269 e. The molecule has 9 heteroatoms. The van der Waals surface area contributed by atoms with Crippen LogP contribution in [0.4, 0.5) is 5.69 Å². The van der Waals surface area contributed by atoms with Gasteiger partial charge < -0.3 is 25.8 Å². The van der Waals surface area contributed by atoms with Gasteiger partial charge in [-0.05, 0) is 63.0 Å². The van der Waals surface area contributed by atoms with Gasteiger partial charge in [0.2, 0.25) is 0 Å². The van der Waals surface area contributed by atoms with Crippen molar-refractivity contribution in [3.8, 4) is 0 Å².